The van der Waals surface area contributed by atoms with Crippen molar-refractivity contribution in [3.05, 3.63) is 10.4 Å². The van der Waals surface area contributed by atoms with E-state index in [9.17, 15) is 9.90 Å². The molecule has 0 radical (unpaired) electrons. The summed E-state index contributed by atoms with van der Waals surface area (Å²) in [7, 11) is 0. The normalized spacial score (nSPS) is 24.9. The molecule has 0 aromatic carbocycles. The zero-order chi connectivity index (χ0) is 13.1. The minimum Gasteiger partial charge on any atom is -0.465 e. The lowest BCUT2D eigenvalue weighted by Gasteiger charge is -2.43. The predicted molar refractivity (Wildman–Crippen MR) is 61.8 cm³/mol. The second-order valence-corrected chi connectivity index (χ2v) is 5.03. The summed E-state index contributed by atoms with van der Waals surface area (Å²) in [5.74, 6) is 0. The highest BCUT2D eigenvalue weighted by atomic mass is 16.5. The molecule has 1 amide bonds. The Labute approximate surface area is 100.0 Å². The number of amides is 1. The van der Waals surface area contributed by atoms with Crippen molar-refractivity contribution in [3.63, 3.8) is 0 Å². The molecule has 17 heavy (non-hydrogen) atoms. The van der Waals surface area contributed by atoms with Gasteiger partial charge in [0.15, 0.2) is 0 Å². The van der Waals surface area contributed by atoms with Gasteiger partial charge in [-0.15, -0.1) is 0 Å². The molecule has 0 aromatic heterocycles. The Hall–Kier alpha value is -1.46. The summed E-state index contributed by atoms with van der Waals surface area (Å²) in [5, 5.41) is 13.0. The molecule has 0 spiro atoms. The minimum atomic E-state index is -1.02. The Morgan fingerprint density at radius 2 is 2.24 bits per heavy atom. The Bertz CT molecular complexity index is 333. The molecule has 0 bridgehead atoms. The van der Waals surface area contributed by atoms with Gasteiger partial charge in [0.25, 0.3) is 0 Å². The van der Waals surface area contributed by atoms with Gasteiger partial charge in [-0.05, 0) is 32.7 Å². The number of nitrogens with zero attached hydrogens (tertiary/aromatic N) is 4. The van der Waals surface area contributed by atoms with Gasteiger partial charge in [-0.2, -0.15) is 0 Å². The second-order valence-electron chi connectivity index (χ2n) is 5.03. The number of azide groups is 1. The minimum absolute atomic E-state index is 0.271. The molecule has 1 fully saturated rings. The van der Waals surface area contributed by atoms with Crippen molar-refractivity contribution >= 4 is 6.09 Å². The van der Waals surface area contributed by atoms with E-state index < -0.39 is 17.7 Å². The van der Waals surface area contributed by atoms with E-state index >= 15 is 0 Å². The highest BCUT2D eigenvalue weighted by molar-refractivity contribution is 5.66. The summed E-state index contributed by atoms with van der Waals surface area (Å²) in [6.07, 6.45) is -0.472. The van der Waals surface area contributed by atoms with Crippen LogP contribution < -0.4 is 0 Å². The van der Waals surface area contributed by atoms with Crippen molar-refractivity contribution in [2.24, 2.45) is 5.11 Å². The van der Waals surface area contributed by atoms with E-state index in [1.807, 2.05) is 20.8 Å². The standard InChI is InChI=1S/C10H18N4O3/c1-10(2,3)14(9(15)16)8-6-17-5-4-7(8)12-13-11/h7-8H,4-6H2,1-3H3,(H,15,16)/t7-,8+/m1/s1. The molecule has 7 nitrogen and oxygen atoms in total. The van der Waals surface area contributed by atoms with E-state index in [0.717, 1.165) is 0 Å². The summed E-state index contributed by atoms with van der Waals surface area (Å²) >= 11 is 0. The third-order valence-corrected chi connectivity index (χ3v) is 2.75. The number of ether oxygens (including phenoxy) is 1. The van der Waals surface area contributed by atoms with Gasteiger partial charge in [0.2, 0.25) is 0 Å². The van der Waals surface area contributed by atoms with E-state index in [0.29, 0.717) is 13.0 Å². The van der Waals surface area contributed by atoms with Gasteiger partial charge in [0.05, 0.1) is 18.7 Å². The van der Waals surface area contributed by atoms with Crippen LogP contribution in [0.1, 0.15) is 27.2 Å². The van der Waals surface area contributed by atoms with E-state index in [1.165, 1.54) is 4.90 Å². The molecule has 1 rings (SSSR count). The third-order valence-electron chi connectivity index (χ3n) is 2.75. The summed E-state index contributed by atoms with van der Waals surface area (Å²) in [6.45, 7) is 6.19. The lowest BCUT2D eigenvalue weighted by Crippen LogP contribution is -2.58. The van der Waals surface area contributed by atoms with Crippen LogP contribution in [0.15, 0.2) is 5.11 Å². The molecule has 0 saturated carbocycles. The van der Waals surface area contributed by atoms with Gasteiger partial charge in [-0.3, -0.25) is 4.90 Å². The van der Waals surface area contributed by atoms with Crippen LogP contribution in [0.5, 0.6) is 0 Å². The largest absolute Gasteiger partial charge is 0.465 e. The summed E-state index contributed by atoms with van der Waals surface area (Å²) in [4.78, 5) is 15.4. The van der Waals surface area contributed by atoms with Crippen LogP contribution in [0.2, 0.25) is 0 Å². The van der Waals surface area contributed by atoms with E-state index in [4.69, 9.17) is 10.3 Å². The van der Waals surface area contributed by atoms with Gasteiger partial charge >= 0.3 is 6.09 Å². The Morgan fingerprint density at radius 1 is 1.59 bits per heavy atom. The van der Waals surface area contributed by atoms with Gasteiger partial charge in [0.1, 0.15) is 0 Å². The number of hydrogen-bond donors (Lipinski definition) is 1. The van der Waals surface area contributed by atoms with Crippen LogP contribution in [0.25, 0.3) is 10.4 Å². The molecule has 7 heteroatoms. The maximum absolute atomic E-state index is 11.3. The number of hydrogen-bond acceptors (Lipinski definition) is 3. The smallest absolute Gasteiger partial charge is 0.408 e. The fraction of sp³-hybridized carbons (Fsp3) is 0.900. The monoisotopic (exact) mass is 242 g/mol. The maximum atomic E-state index is 11.3. The molecule has 0 aliphatic carbocycles. The molecule has 0 aromatic rings. The van der Waals surface area contributed by atoms with Gasteiger partial charge in [-0.25, -0.2) is 4.79 Å². The molecule has 0 unspecified atom stereocenters. The first-order chi connectivity index (χ1) is 7.88. The molecular weight excluding hydrogens is 224 g/mol. The van der Waals surface area contributed by atoms with Crippen LogP contribution in [-0.2, 0) is 4.74 Å². The SMILES string of the molecule is CC(C)(C)N(C(=O)O)[C@H]1COCC[C@H]1N=[N+]=[N-]. The second kappa shape index (κ2) is 5.25. The molecule has 1 N–H and O–H groups in total. The zero-order valence-electron chi connectivity index (χ0n) is 10.3. The van der Waals surface area contributed by atoms with Crippen LogP contribution >= 0.6 is 0 Å². The molecule has 1 aliphatic heterocycles. The lowest BCUT2D eigenvalue weighted by molar-refractivity contribution is -0.0190. The van der Waals surface area contributed by atoms with Crippen molar-refractivity contribution in [2.45, 2.75) is 44.8 Å². The predicted octanol–water partition coefficient (Wildman–Crippen LogP) is 2.23. The maximum Gasteiger partial charge on any atom is 0.408 e. The average Bonchev–Trinajstić information content (AvgIpc) is 2.18. The molecule has 1 aliphatic rings. The van der Waals surface area contributed by atoms with Crippen molar-refractivity contribution in [1.29, 1.82) is 0 Å². The first-order valence-corrected chi connectivity index (χ1v) is 5.52. The fourth-order valence-corrected chi connectivity index (χ4v) is 2.09. The van der Waals surface area contributed by atoms with Crippen molar-refractivity contribution < 1.29 is 14.6 Å². The van der Waals surface area contributed by atoms with Crippen LogP contribution in [0.3, 0.4) is 0 Å². The van der Waals surface area contributed by atoms with Crippen LogP contribution in [0, 0.1) is 0 Å². The van der Waals surface area contributed by atoms with Crippen LogP contribution in [0.4, 0.5) is 4.79 Å². The highest BCUT2D eigenvalue weighted by Gasteiger charge is 2.39. The van der Waals surface area contributed by atoms with Crippen molar-refractivity contribution in [2.75, 3.05) is 13.2 Å². The zero-order valence-corrected chi connectivity index (χ0v) is 10.3. The number of rotatable bonds is 2. The quantitative estimate of drug-likeness (QED) is 0.456. The fourth-order valence-electron chi connectivity index (χ4n) is 2.09. The number of carboxylic acid groups (broad SMARTS) is 1. The summed E-state index contributed by atoms with van der Waals surface area (Å²) < 4.78 is 5.30. The van der Waals surface area contributed by atoms with E-state index in [2.05, 4.69) is 10.0 Å². The first-order valence-electron chi connectivity index (χ1n) is 5.52. The van der Waals surface area contributed by atoms with Gasteiger partial charge in [-0.1, -0.05) is 5.11 Å². The van der Waals surface area contributed by atoms with Gasteiger partial charge in [0, 0.05) is 17.1 Å². The summed E-state index contributed by atoms with van der Waals surface area (Å²) in [6, 6.07) is -0.777. The van der Waals surface area contributed by atoms with Gasteiger partial charge < -0.3 is 9.84 Å². The molecule has 1 heterocycles. The van der Waals surface area contributed by atoms with Crippen molar-refractivity contribution in [3.8, 4) is 0 Å². The average molecular weight is 242 g/mol. The topological polar surface area (TPSA) is 98.5 Å². The third kappa shape index (κ3) is 3.25. The Balaban J connectivity index is 2.98. The Morgan fingerprint density at radius 3 is 2.71 bits per heavy atom. The van der Waals surface area contributed by atoms with Crippen LogP contribution in [-0.4, -0.2) is 46.9 Å². The van der Waals surface area contributed by atoms with E-state index in [1.54, 1.807) is 0 Å². The first kappa shape index (κ1) is 13.6. The van der Waals surface area contributed by atoms with Crippen molar-refractivity contribution in [1.82, 2.24) is 4.90 Å². The molecule has 2 atom stereocenters. The molecule has 1 saturated heterocycles. The Kier molecular flexibility index (Phi) is 4.20. The summed E-state index contributed by atoms with van der Waals surface area (Å²) in [5.41, 5.74) is 7.96. The lowest BCUT2D eigenvalue weighted by atomic mass is 9.97. The number of carbonyl (C=O) groups is 1. The molecular formula is C10H18N4O3. The van der Waals surface area contributed by atoms with E-state index in [-0.39, 0.29) is 12.6 Å². The highest BCUT2D eigenvalue weighted by Crippen LogP contribution is 2.25. The molecule has 96 valence electrons.